The summed E-state index contributed by atoms with van der Waals surface area (Å²) in [6, 6.07) is 7.37. The number of hydrogen-bond donors (Lipinski definition) is 2. The zero-order valence-corrected chi connectivity index (χ0v) is 20.3. The summed E-state index contributed by atoms with van der Waals surface area (Å²) in [6.45, 7) is 3.96. The molecular formula is C20H24F4IN3O2S. The number of rotatable bonds is 6. The summed E-state index contributed by atoms with van der Waals surface area (Å²) in [7, 11) is -3.33. The third kappa shape index (κ3) is 7.95. The van der Waals surface area contributed by atoms with Gasteiger partial charge in [0.1, 0.15) is 5.82 Å². The minimum atomic E-state index is -4.67. The number of nitrogens with one attached hydrogen (secondary N) is 2. The van der Waals surface area contributed by atoms with Crippen molar-refractivity contribution in [2.45, 2.75) is 38.0 Å². The van der Waals surface area contributed by atoms with E-state index in [-0.39, 0.29) is 53.5 Å². The van der Waals surface area contributed by atoms with Gasteiger partial charge in [0.05, 0.1) is 17.0 Å². The third-order valence-electron chi connectivity index (χ3n) is 4.23. The molecule has 0 saturated heterocycles. The van der Waals surface area contributed by atoms with Crippen molar-refractivity contribution in [3.63, 3.8) is 0 Å². The highest BCUT2D eigenvalue weighted by atomic mass is 127. The quantitative estimate of drug-likeness (QED) is 0.232. The molecule has 0 atom stereocenters. The van der Waals surface area contributed by atoms with Gasteiger partial charge in [-0.25, -0.2) is 17.8 Å². The van der Waals surface area contributed by atoms with E-state index in [0.29, 0.717) is 18.2 Å². The average Bonchev–Trinajstić information content (AvgIpc) is 2.63. The molecule has 2 N–H and O–H groups in total. The maximum atomic E-state index is 13.2. The fourth-order valence-electron chi connectivity index (χ4n) is 2.88. The zero-order valence-electron chi connectivity index (χ0n) is 17.2. The van der Waals surface area contributed by atoms with E-state index in [9.17, 15) is 26.0 Å². The van der Waals surface area contributed by atoms with Crippen LogP contribution in [0.3, 0.4) is 0 Å². The first-order valence-corrected chi connectivity index (χ1v) is 11.0. The Bertz CT molecular complexity index is 1040. The van der Waals surface area contributed by atoms with Crippen molar-refractivity contribution in [2.75, 3.05) is 12.8 Å². The van der Waals surface area contributed by atoms with E-state index < -0.39 is 27.4 Å². The number of aliphatic imine (C=N–C) groups is 1. The van der Waals surface area contributed by atoms with Gasteiger partial charge in [0, 0.05) is 19.3 Å². The molecule has 0 aliphatic rings. The predicted octanol–water partition coefficient (Wildman–Crippen LogP) is 4.43. The van der Waals surface area contributed by atoms with Crippen molar-refractivity contribution in [1.29, 1.82) is 0 Å². The van der Waals surface area contributed by atoms with E-state index in [1.165, 1.54) is 6.07 Å². The van der Waals surface area contributed by atoms with Gasteiger partial charge in [-0.15, -0.1) is 24.0 Å². The highest BCUT2D eigenvalue weighted by molar-refractivity contribution is 14.0. The Labute approximate surface area is 196 Å². The van der Waals surface area contributed by atoms with Gasteiger partial charge >= 0.3 is 6.18 Å². The van der Waals surface area contributed by atoms with Crippen LogP contribution in [0.25, 0.3) is 0 Å². The minimum absolute atomic E-state index is 0. The van der Waals surface area contributed by atoms with Crippen LogP contribution < -0.4 is 10.6 Å². The average molecular weight is 573 g/mol. The first-order chi connectivity index (χ1) is 13.9. The molecule has 2 rings (SSSR count). The first kappa shape index (κ1) is 27.1. The van der Waals surface area contributed by atoms with Crippen molar-refractivity contribution in [3.05, 3.63) is 64.5 Å². The standard InChI is InChI=1S/C20H23F4N3O2S.HI/c1-4-25-19(26-11-14-5-8-18(13(2)9-14)30(3,28)29)27-12-15-6-7-16(21)10-17(15)20(22,23)24;/h5-10H,4,11-12H2,1-3H3,(H2,25,26,27);1H. The van der Waals surface area contributed by atoms with Crippen LogP contribution in [0.1, 0.15) is 29.2 Å². The van der Waals surface area contributed by atoms with Crippen LogP contribution in [0.4, 0.5) is 17.6 Å². The van der Waals surface area contributed by atoms with Gasteiger partial charge in [0.2, 0.25) is 0 Å². The summed E-state index contributed by atoms with van der Waals surface area (Å²) in [4.78, 5) is 4.56. The highest BCUT2D eigenvalue weighted by Crippen LogP contribution is 2.32. The molecule has 0 aromatic heterocycles. The summed E-state index contributed by atoms with van der Waals surface area (Å²) in [6.07, 6.45) is -3.54. The third-order valence-corrected chi connectivity index (χ3v) is 5.48. The molecule has 31 heavy (non-hydrogen) atoms. The molecule has 0 saturated carbocycles. The summed E-state index contributed by atoms with van der Waals surface area (Å²) < 4.78 is 76.1. The molecule has 0 unspecified atom stereocenters. The first-order valence-electron chi connectivity index (χ1n) is 9.09. The van der Waals surface area contributed by atoms with E-state index in [4.69, 9.17) is 0 Å². The van der Waals surface area contributed by atoms with Gasteiger partial charge in [-0.3, -0.25) is 0 Å². The number of benzene rings is 2. The lowest BCUT2D eigenvalue weighted by atomic mass is 10.1. The van der Waals surface area contributed by atoms with Gasteiger partial charge in [-0.1, -0.05) is 18.2 Å². The topological polar surface area (TPSA) is 70.6 Å². The van der Waals surface area contributed by atoms with E-state index in [0.717, 1.165) is 24.0 Å². The fraction of sp³-hybridized carbons (Fsp3) is 0.350. The molecule has 172 valence electrons. The van der Waals surface area contributed by atoms with Crippen LogP contribution in [0.15, 0.2) is 46.3 Å². The molecular weight excluding hydrogens is 549 g/mol. The summed E-state index contributed by atoms with van der Waals surface area (Å²) in [5.74, 6) is -0.681. The number of hydrogen-bond acceptors (Lipinski definition) is 3. The van der Waals surface area contributed by atoms with E-state index in [1.54, 1.807) is 26.0 Å². The molecule has 5 nitrogen and oxygen atoms in total. The number of aryl methyl sites for hydroxylation is 1. The number of sulfone groups is 1. The number of alkyl halides is 3. The fourth-order valence-corrected chi connectivity index (χ4v) is 3.84. The second kappa shape index (κ2) is 11.1. The van der Waals surface area contributed by atoms with Crippen molar-refractivity contribution < 1.29 is 26.0 Å². The summed E-state index contributed by atoms with van der Waals surface area (Å²) in [5.41, 5.74) is 0.180. The molecule has 0 heterocycles. The van der Waals surface area contributed by atoms with Crippen molar-refractivity contribution in [2.24, 2.45) is 4.99 Å². The van der Waals surface area contributed by atoms with Crippen molar-refractivity contribution >= 4 is 39.8 Å². The summed E-state index contributed by atoms with van der Waals surface area (Å²) >= 11 is 0. The number of guanidine groups is 1. The van der Waals surface area contributed by atoms with Crippen LogP contribution in [0.2, 0.25) is 0 Å². The SMILES string of the molecule is CCNC(=NCc1ccc(S(C)(=O)=O)c(C)c1)NCc1ccc(F)cc1C(F)(F)F.I. The Hall–Kier alpha value is -1.89. The van der Waals surface area contributed by atoms with E-state index >= 15 is 0 Å². The Morgan fingerprint density at radius 2 is 1.77 bits per heavy atom. The Morgan fingerprint density at radius 3 is 2.32 bits per heavy atom. The largest absolute Gasteiger partial charge is 0.416 e. The van der Waals surface area contributed by atoms with E-state index in [1.807, 2.05) is 0 Å². The van der Waals surface area contributed by atoms with Gasteiger partial charge in [-0.05, 0) is 48.7 Å². The van der Waals surface area contributed by atoms with Crippen LogP contribution in [0, 0.1) is 12.7 Å². The van der Waals surface area contributed by atoms with Gasteiger partial charge in [-0.2, -0.15) is 13.2 Å². The molecule has 0 amide bonds. The molecule has 0 aliphatic carbocycles. The Balaban J connectivity index is 0.00000480. The molecule has 11 heteroatoms. The highest BCUT2D eigenvalue weighted by Gasteiger charge is 2.33. The number of halogens is 5. The minimum Gasteiger partial charge on any atom is -0.357 e. The molecule has 0 fully saturated rings. The van der Waals surface area contributed by atoms with E-state index in [2.05, 4.69) is 15.6 Å². The van der Waals surface area contributed by atoms with Crippen LogP contribution in [-0.2, 0) is 29.1 Å². The Morgan fingerprint density at radius 1 is 1.10 bits per heavy atom. The summed E-state index contributed by atoms with van der Waals surface area (Å²) in [5, 5.41) is 5.74. The predicted molar refractivity (Wildman–Crippen MR) is 123 cm³/mol. The molecule has 2 aromatic rings. The smallest absolute Gasteiger partial charge is 0.357 e. The number of nitrogens with zero attached hydrogens (tertiary/aromatic N) is 1. The van der Waals surface area contributed by atoms with Crippen LogP contribution in [0.5, 0.6) is 0 Å². The monoisotopic (exact) mass is 573 g/mol. The second-order valence-electron chi connectivity index (χ2n) is 6.72. The molecule has 0 radical (unpaired) electrons. The van der Waals surface area contributed by atoms with Gasteiger partial charge < -0.3 is 10.6 Å². The lowest BCUT2D eigenvalue weighted by molar-refractivity contribution is -0.138. The zero-order chi connectivity index (χ0) is 22.5. The van der Waals surface area contributed by atoms with Crippen molar-refractivity contribution in [3.8, 4) is 0 Å². The second-order valence-corrected chi connectivity index (χ2v) is 8.70. The van der Waals surface area contributed by atoms with Crippen LogP contribution in [-0.4, -0.2) is 27.2 Å². The molecule has 0 bridgehead atoms. The van der Waals surface area contributed by atoms with Gasteiger partial charge in [0.25, 0.3) is 0 Å². The van der Waals surface area contributed by atoms with Crippen LogP contribution >= 0.6 is 24.0 Å². The van der Waals surface area contributed by atoms with Gasteiger partial charge in [0.15, 0.2) is 15.8 Å². The normalized spacial score (nSPS) is 12.3. The molecule has 2 aromatic carbocycles. The maximum absolute atomic E-state index is 13.2. The lowest BCUT2D eigenvalue weighted by Gasteiger charge is -2.16. The molecule has 0 aliphatic heterocycles. The lowest BCUT2D eigenvalue weighted by Crippen LogP contribution is -2.37. The Kier molecular flexibility index (Phi) is 9.73. The van der Waals surface area contributed by atoms with Crippen molar-refractivity contribution in [1.82, 2.24) is 10.6 Å². The maximum Gasteiger partial charge on any atom is 0.416 e. The molecule has 0 spiro atoms.